The largest absolute Gasteiger partial charge is 0.439 e. The van der Waals surface area contributed by atoms with E-state index >= 15 is 0 Å². The highest BCUT2D eigenvalue weighted by atomic mass is 32.2. The summed E-state index contributed by atoms with van der Waals surface area (Å²) in [5.41, 5.74) is 3.49. The van der Waals surface area contributed by atoms with Gasteiger partial charge in [-0.05, 0) is 62.0 Å². The zero-order valence-corrected chi connectivity index (χ0v) is 18.2. The second-order valence-corrected chi connectivity index (χ2v) is 9.44. The Hall–Kier alpha value is -3.24. The average Bonchev–Trinajstić information content (AvgIpc) is 3.35. The molecule has 1 N–H and O–H groups in total. The molecule has 0 saturated heterocycles. The molecule has 0 bridgehead atoms. The van der Waals surface area contributed by atoms with Crippen LogP contribution in [0.25, 0.3) is 5.82 Å². The second-order valence-electron chi connectivity index (χ2n) is 6.59. The Morgan fingerprint density at radius 3 is 2.47 bits per heavy atom. The zero-order chi connectivity index (χ0) is 21.3. The van der Waals surface area contributed by atoms with Crippen LogP contribution in [0.3, 0.4) is 0 Å². The van der Waals surface area contributed by atoms with Crippen LogP contribution in [0.4, 0.5) is 5.69 Å². The van der Waals surface area contributed by atoms with Crippen molar-refractivity contribution in [2.75, 3.05) is 4.72 Å². The van der Waals surface area contributed by atoms with Crippen molar-refractivity contribution < 1.29 is 13.2 Å². The highest BCUT2D eigenvalue weighted by Crippen LogP contribution is 2.25. The third-order valence-electron chi connectivity index (χ3n) is 4.59. The molecule has 0 atom stereocenters. The highest BCUT2D eigenvalue weighted by Gasteiger charge is 2.15. The van der Waals surface area contributed by atoms with Crippen LogP contribution in [0.2, 0.25) is 0 Å². The fraction of sp³-hybridized carbons (Fsp3) is 0.150. The van der Waals surface area contributed by atoms with Gasteiger partial charge in [0.15, 0.2) is 5.82 Å². The number of sulfonamides is 1. The summed E-state index contributed by atoms with van der Waals surface area (Å²) in [5, 5.41) is 6.22. The second kappa shape index (κ2) is 7.88. The summed E-state index contributed by atoms with van der Waals surface area (Å²) in [5.74, 6) is 1.48. The molecule has 0 amide bonds. The van der Waals surface area contributed by atoms with E-state index in [1.807, 2.05) is 20.8 Å². The minimum Gasteiger partial charge on any atom is -0.439 e. The van der Waals surface area contributed by atoms with Gasteiger partial charge in [-0.3, -0.25) is 4.72 Å². The van der Waals surface area contributed by atoms with Crippen molar-refractivity contribution in [3.05, 3.63) is 71.1 Å². The third kappa shape index (κ3) is 4.05. The van der Waals surface area contributed by atoms with E-state index in [1.54, 1.807) is 52.5 Å². The van der Waals surface area contributed by atoms with E-state index in [4.69, 9.17) is 4.74 Å². The Morgan fingerprint density at radius 1 is 1.07 bits per heavy atom. The smallest absolute Gasteiger partial charge is 0.271 e. The minimum absolute atomic E-state index is 0.260. The summed E-state index contributed by atoms with van der Waals surface area (Å²) in [6.07, 6.45) is 1.42. The molecule has 154 valence electrons. The van der Waals surface area contributed by atoms with Crippen molar-refractivity contribution in [3.63, 3.8) is 0 Å². The first-order valence-corrected chi connectivity index (χ1v) is 11.4. The molecule has 0 unspecified atom stereocenters. The first kappa shape index (κ1) is 20.0. The van der Waals surface area contributed by atoms with Gasteiger partial charge in [-0.2, -0.15) is 5.10 Å². The van der Waals surface area contributed by atoms with E-state index in [0.29, 0.717) is 23.1 Å². The van der Waals surface area contributed by atoms with Crippen molar-refractivity contribution >= 4 is 27.0 Å². The number of hydrogen-bond acceptors (Lipinski definition) is 7. The molecule has 8 nitrogen and oxygen atoms in total. The molecule has 3 heterocycles. The fourth-order valence-electron chi connectivity index (χ4n) is 2.78. The van der Waals surface area contributed by atoms with Gasteiger partial charge in [0.25, 0.3) is 10.0 Å². The molecule has 4 aromatic rings. The molecule has 0 aliphatic carbocycles. The third-order valence-corrected chi connectivity index (χ3v) is 7.37. The Balaban J connectivity index is 1.51. The maximum absolute atomic E-state index is 12.3. The summed E-state index contributed by atoms with van der Waals surface area (Å²) in [4.78, 5) is 8.43. The van der Waals surface area contributed by atoms with Crippen molar-refractivity contribution in [2.24, 2.45) is 0 Å². The summed E-state index contributed by atoms with van der Waals surface area (Å²) < 4.78 is 35.0. The van der Waals surface area contributed by atoms with Crippen molar-refractivity contribution in [2.45, 2.75) is 25.0 Å². The van der Waals surface area contributed by atoms with Gasteiger partial charge in [-0.1, -0.05) is 6.07 Å². The van der Waals surface area contributed by atoms with Gasteiger partial charge in [0.05, 0.1) is 5.69 Å². The van der Waals surface area contributed by atoms with E-state index < -0.39 is 10.0 Å². The number of benzene rings is 1. The molecule has 10 heteroatoms. The zero-order valence-electron chi connectivity index (χ0n) is 16.5. The van der Waals surface area contributed by atoms with Gasteiger partial charge in [-0.15, -0.1) is 11.3 Å². The first-order valence-electron chi connectivity index (χ1n) is 9.03. The Morgan fingerprint density at radius 2 is 1.83 bits per heavy atom. The number of rotatable bonds is 6. The average molecular weight is 442 g/mol. The maximum Gasteiger partial charge on any atom is 0.271 e. The molecule has 1 aromatic carbocycles. The number of ether oxygens (including phenoxy) is 1. The van der Waals surface area contributed by atoms with E-state index in [9.17, 15) is 8.42 Å². The van der Waals surface area contributed by atoms with E-state index in [2.05, 4.69) is 19.8 Å². The van der Waals surface area contributed by atoms with Crippen LogP contribution in [0, 0.1) is 20.8 Å². The van der Waals surface area contributed by atoms with Gasteiger partial charge >= 0.3 is 0 Å². The first-order chi connectivity index (χ1) is 14.3. The summed E-state index contributed by atoms with van der Waals surface area (Å²) in [6, 6.07) is 11.6. The van der Waals surface area contributed by atoms with E-state index in [0.717, 1.165) is 28.3 Å². The Labute approximate surface area is 178 Å². The maximum atomic E-state index is 12.3. The van der Waals surface area contributed by atoms with Gasteiger partial charge < -0.3 is 4.74 Å². The van der Waals surface area contributed by atoms with Crippen molar-refractivity contribution in [1.82, 2.24) is 19.7 Å². The van der Waals surface area contributed by atoms with Crippen molar-refractivity contribution in [3.8, 4) is 17.4 Å². The molecule has 0 aliphatic rings. The number of nitrogens with one attached hydrogen (secondary N) is 1. The predicted molar refractivity (Wildman–Crippen MR) is 115 cm³/mol. The van der Waals surface area contributed by atoms with Crippen molar-refractivity contribution in [1.29, 1.82) is 0 Å². The summed E-state index contributed by atoms with van der Waals surface area (Å²) in [6.45, 7) is 5.95. The van der Waals surface area contributed by atoms with Gasteiger partial charge in [0, 0.05) is 17.4 Å². The standard InChI is InChI=1S/C20H19N5O3S2/c1-13-14(2)23-25(15(13)3)18-11-19(22-12-21-18)28-17-8-6-16(7-9-17)24-30(26,27)20-5-4-10-29-20/h4-12,24H,1-3H3. The molecule has 0 radical (unpaired) electrons. The lowest BCUT2D eigenvalue weighted by Crippen LogP contribution is -2.11. The lowest BCUT2D eigenvalue weighted by atomic mass is 10.2. The van der Waals surface area contributed by atoms with Crippen LogP contribution in [-0.2, 0) is 10.0 Å². The fourth-order valence-corrected chi connectivity index (χ4v) is 4.83. The van der Waals surface area contributed by atoms with Gasteiger partial charge in [0.1, 0.15) is 16.3 Å². The van der Waals surface area contributed by atoms with E-state index in [1.165, 1.54) is 6.33 Å². The van der Waals surface area contributed by atoms with Crippen LogP contribution in [0.1, 0.15) is 17.0 Å². The van der Waals surface area contributed by atoms with Crippen LogP contribution in [-0.4, -0.2) is 28.2 Å². The SMILES string of the molecule is Cc1nn(-c2cc(Oc3ccc(NS(=O)(=O)c4cccs4)cc3)ncn2)c(C)c1C. The number of anilines is 1. The molecule has 4 rings (SSSR count). The molecule has 3 aromatic heterocycles. The molecule has 0 spiro atoms. The topological polar surface area (TPSA) is 99.0 Å². The number of aromatic nitrogens is 4. The predicted octanol–water partition coefficient (Wildman–Crippen LogP) is 4.24. The molecule has 0 fully saturated rings. The van der Waals surface area contributed by atoms with Gasteiger partial charge in [-0.25, -0.2) is 23.1 Å². The molecular formula is C20H19N5O3S2. The molecule has 0 saturated carbocycles. The normalized spacial score (nSPS) is 11.4. The number of hydrogen-bond donors (Lipinski definition) is 1. The van der Waals surface area contributed by atoms with Crippen LogP contribution >= 0.6 is 11.3 Å². The van der Waals surface area contributed by atoms with E-state index in [-0.39, 0.29) is 4.21 Å². The van der Waals surface area contributed by atoms with Crippen LogP contribution < -0.4 is 9.46 Å². The quantitative estimate of drug-likeness (QED) is 0.480. The summed E-state index contributed by atoms with van der Waals surface area (Å²) in [7, 11) is -3.59. The lowest BCUT2D eigenvalue weighted by Gasteiger charge is -2.09. The Kier molecular flexibility index (Phi) is 5.27. The van der Waals surface area contributed by atoms with Crippen LogP contribution in [0.15, 0.2) is 58.4 Å². The molecule has 30 heavy (non-hydrogen) atoms. The highest BCUT2D eigenvalue weighted by molar-refractivity contribution is 7.94. The lowest BCUT2D eigenvalue weighted by molar-refractivity contribution is 0.460. The number of aryl methyl sites for hydroxylation is 1. The van der Waals surface area contributed by atoms with Crippen LogP contribution in [0.5, 0.6) is 11.6 Å². The number of nitrogens with zero attached hydrogens (tertiary/aromatic N) is 4. The number of thiophene rings is 1. The summed E-state index contributed by atoms with van der Waals surface area (Å²) >= 11 is 1.16. The monoisotopic (exact) mass is 441 g/mol. The molecule has 0 aliphatic heterocycles. The van der Waals surface area contributed by atoms with Gasteiger partial charge in [0.2, 0.25) is 5.88 Å². The molecular weight excluding hydrogens is 422 g/mol. The minimum atomic E-state index is -3.59. The Bertz CT molecular complexity index is 1280.